The lowest BCUT2D eigenvalue weighted by atomic mass is 9.47. The average Bonchev–Trinajstić information content (AvgIpc) is 2.83. The lowest BCUT2D eigenvalue weighted by Crippen LogP contribution is -2.50. The van der Waals surface area contributed by atoms with Crippen LogP contribution in [0.25, 0.3) is 0 Å². The summed E-state index contributed by atoms with van der Waals surface area (Å²) in [7, 11) is 0. The van der Waals surface area contributed by atoms with Crippen LogP contribution in [-0.4, -0.2) is 12.1 Å². The molecule has 0 aromatic heterocycles. The van der Waals surface area contributed by atoms with Crippen LogP contribution in [0.3, 0.4) is 0 Å². The second kappa shape index (κ2) is 5.61. The van der Waals surface area contributed by atoms with Gasteiger partial charge in [0.1, 0.15) is 6.10 Å². The summed E-state index contributed by atoms with van der Waals surface area (Å²) >= 11 is 0. The number of hydrogen-bond acceptors (Lipinski definition) is 2. The molecule has 0 radical (unpaired) electrons. The van der Waals surface area contributed by atoms with Gasteiger partial charge < -0.3 is 4.74 Å². The maximum absolute atomic E-state index is 11.3. The molecule has 7 atom stereocenters. The summed E-state index contributed by atoms with van der Waals surface area (Å²) in [5, 5.41) is 0. The molecule has 4 rings (SSSR count). The van der Waals surface area contributed by atoms with Crippen molar-refractivity contribution >= 4 is 5.97 Å². The van der Waals surface area contributed by atoms with E-state index < -0.39 is 0 Å². The third-order valence-corrected chi connectivity index (χ3v) is 8.87. The summed E-state index contributed by atoms with van der Waals surface area (Å²) < 4.78 is 5.54. The van der Waals surface area contributed by atoms with Crippen molar-refractivity contribution in [2.75, 3.05) is 0 Å². The van der Waals surface area contributed by atoms with Gasteiger partial charge in [0.25, 0.3) is 0 Å². The van der Waals surface area contributed by atoms with E-state index in [4.69, 9.17) is 4.74 Å². The van der Waals surface area contributed by atoms with Crippen molar-refractivity contribution in [1.82, 2.24) is 0 Å². The van der Waals surface area contributed by atoms with Gasteiger partial charge in [0.15, 0.2) is 0 Å². The maximum Gasteiger partial charge on any atom is 0.302 e. The Labute approximate surface area is 147 Å². The molecule has 0 spiro atoms. The summed E-state index contributed by atoms with van der Waals surface area (Å²) in [5.74, 6) is 3.48. The fraction of sp³-hybridized carbons (Fsp3) is 0.864. The SMILES string of the molecule is CC(=O)OC1CCC2(C)C(=CCC3C2CCC2(C)C(C)CCC32)C1. The molecule has 0 aromatic carbocycles. The zero-order valence-electron chi connectivity index (χ0n) is 15.9. The first-order chi connectivity index (χ1) is 11.3. The Morgan fingerprint density at radius 2 is 1.92 bits per heavy atom. The van der Waals surface area contributed by atoms with Crippen LogP contribution >= 0.6 is 0 Å². The molecule has 0 heterocycles. The maximum atomic E-state index is 11.3. The predicted octanol–water partition coefficient (Wildman–Crippen LogP) is 5.52. The molecule has 0 aromatic rings. The van der Waals surface area contributed by atoms with Gasteiger partial charge in [-0.2, -0.15) is 0 Å². The predicted molar refractivity (Wildman–Crippen MR) is 96.4 cm³/mol. The molecule has 24 heavy (non-hydrogen) atoms. The molecule has 134 valence electrons. The van der Waals surface area contributed by atoms with Gasteiger partial charge in [0, 0.05) is 13.3 Å². The molecule has 3 fully saturated rings. The van der Waals surface area contributed by atoms with E-state index >= 15 is 0 Å². The normalized spacial score (nSPS) is 50.3. The fourth-order valence-corrected chi connectivity index (χ4v) is 7.23. The number of ether oxygens (including phenoxy) is 1. The monoisotopic (exact) mass is 330 g/mol. The Bertz CT molecular complexity index is 564. The molecular weight excluding hydrogens is 296 g/mol. The van der Waals surface area contributed by atoms with Gasteiger partial charge in [0.2, 0.25) is 0 Å². The first-order valence-corrected chi connectivity index (χ1v) is 10.2. The Morgan fingerprint density at radius 3 is 2.67 bits per heavy atom. The summed E-state index contributed by atoms with van der Waals surface area (Å²) in [5.41, 5.74) is 2.57. The van der Waals surface area contributed by atoms with E-state index in [1.54, 1.807) is 12.5 Å². The molecule has 0 amide bonds. The molecule has 3 saturated carbocycles. The molecule has 0 N–H and O–H groups in total. The lowest BCUT2D eigenvalue weighted by Gasteiger charge is -2.58. The van der Waals surface area contributed by atoms with Crippen molar-refractivity contribution in [1.29, 1.82) is 0 Å². The van der Waals surface area contributed by atoms with E-state index in [9.17, 15) is 4.79 Å². The summed E-state index contributed by atoms with van der Waals surface area (Å²) in [6.07, 6.45) is 12.9. The van der Waals surface area contributed by atoms with Crippen molar-refractivity contribution in [2.45, 2.75) is 85.2 Å². The minimum atomic E-state index is -0.119. The smallest absolute Gasteiger partial charge is 0.302 e. The molecule has 4 aliphatic rings. The topological polar surface area (TPSA) is 26.3 Å². The van der Waals surface area contributed by atoms with Gasteiger partial charge in [-0.05, 0) is 79.4 Å². The highest BCUT2D eigenvalue weighted by Gasteiger charge is 2.57. The van der Waals surface area contributed by atoms with E-state index in [1.807, 2.05) is 0 Å². The summed E-state index contributed by atoms with van der Waals surface area (Å²) in [6, 6.07) is 0. The minimum absolute atomic E-state index is 0.119. The Hall–Kier alpha value is -0.790. The van der Waals surface area contributed by atoms with E-state index in [0.29, 0.717) is 10.8 Å². The molecule has 2 nitrogen and oxygen atoms in total. The molecule has 0 bridgehead atoms. The third-order valence-electron chi connectivity index (χ3n) is 8.87. The zero-order valence-corrected chi connectivity index (χ0v) is 15.9. The largest absolute Gasteiger partial charge is 0.462 e. The molecular formula is C22H34O2. The van der Waals surface area contributed by atoms with Gasteiger partial charge in [-0.1, -0.05) is 32.4 Å². The van der Waals surface area contributed by atoms with Crippen molar-refractivity contribution in [3.05, 3.63) is 11.6 Å². The molecule has 0 aliphatic heterocycles. The summed E-state index contributed by atoms with van der Waals surface area (Å²) in [4.78, 5) is 11.3. The first kappa shape index (κ1) is 16.7. The highest BCUT2D eigenvalue weighted by atomic mass is 16.5. The van der Waals surface area contributed by atoms with Gasteiger partial charge >= 0.3 is 5.97 Å². The fourth-order valence-electron chi connectivity index (χ4n) is 7.23. The number of carbonyl (C=O) groups is 1. The van der Waals surface area contributed by atoms with Gasteiger partial charge in [-0.3, -0.25) is 4.79 Å². The average molecular weight is 331 g/mol. The Balaban J connectivity index is 1.59. The van der Waals surface area contributed by atoms with Crippen molar-refractivity contribution < 1.29 is 9.53 Å². The van der Waals surface area contributed by atoms with Crippen LogP contribution in [0.2, 0.25) is 0 Å². The van der Waals surface area contributed by atoms with Gasteiger partial charge in [-0.15, -0.1) is 0 Å². The van der Waals surface area contributed by atoms with E-state index in [1.165, 1.54) is 38.5 Å². The highest BCUT2D eigenvalue weighted by molar-refractivity contribution is 5.66. The number of carbonyl (C=O) groups excluding carboxylic acids is 1. The van der Waals surface area contributed by atoms with Crippen molar-refractivity contribution in [3.8, 4) is 0 Å². The molecule has 0 saturated heterocycles. The Morgan fingerprint density at radius 1 is 1.12 bits per heavy atom. The molecule has 4 aliphatic carbocycles. The van der Waals surface area contributed by atoms with Crippen LogP contribution in [0.1, 0.15) is 79.1 Å². The number of fused-ring (bicyclic) bond motifs is 5. The van der Waals surface area contributed by atoms with Crippen LogP contribution in [-0.2, 0) is 9.53 Å². The van der Waals surface area contributed by atoms with Gasteiger partial charge in [-0.25, -0.2) is 0 Å². The van der Waals surface area contributed by atoms with Crippen LogP contribution in [0.15, 0.2) is 11.6 Å². The van der Waals surface area contributed by atoms with Gasteiger partial charge in [0.05, 0.1) is 0 Å². The van der Waals surface area contributed by atoms with Crippen LogP contribution in [0.4, 0.5) is 0 Å². The summed E-state index contributed by atoms with van der Waals surface area (Å²) in [6.45, 7) is 9.16. The zero-order chi connectivity index (χ0) is 17.1. The van der Waals surface area contributed by atoms with E-state index in [0.717, 1.165) is 36.5 Å². The van der Waals surface area contributed by atoms with E-state index in [-0.39, 0.29) is 12.1 Å². The first-order valence-electron chi connectivity index (χ1n) is 10.2. The molecule has 2 heteroatoms. The number of allylic oxidation sites excluding steroid dienone is 1. The number of hydrogen-bond donors (Lipinski definition) is 0. The van der Waals surface area contributed by atoms with Crippen LogP contribution < -0.4 is 0 Å². The third kappa shape index (κ3) is 2.31. The minimum Gasteiger partial charge on any atom is -0.462 e. The van der Waals surface area contributed by atoms with Crippen molar-refractivity contribution in [3.63, 3.8) is 0 Å². The van der Waals surface area contributed by atoms with Crippen LogP contribution in [0.5, 0.6) is 0 Å². The Kier molecular flexibility index (Phi) is 3.89. The lowest BCUT2D eigenvalue weighted by molar-refractivity contribution is -0.148. The second-order valence-electron chi connectivity index (χ2n) is 9.76. The quantitative estimate of drug-likeness (QED) is 0.467. The van der Waals surface area contributed by atoms with E-state index in [2.05, 4.69) is 26.8 Å². The highest BCUT2D eigenvalue weighted by Crippen LogP contribution is 2.66. The van der Waals surface area contributed by atoms with Crippen LogP contribution in [0, 0.1) is 34.5 Å². The molecule has 7 unspecified atom stereocenters. The number of rotatable bonds is 1. The van der Waals surface area contributed by atoms with Crippen molar-refractivity contribution in [2.24, 2.45) is 34.5 Å². The number of esters is 1. The second-order valence-corrected chi connectivity index (χ2v) is 9.76. The standard InChI is InChI=1S/C22H34O2/c1-14-5-8-19-18-7-6-16-13-17(24-15(2)23)9-11-22(16,4)20(18)10-12-21(14,19)3/h6,14,17-20H,5,7-13H2,1-4H3.